The first kappa shape index (κ1) is 10.7. The topological polar surface area (TPSA) is 51.0 Å². The fourth-order valence-electron chi connectivity index (χ4n) is 1.48. The summed E-state index contributed by atoms with van der Waals surface area (Å²) in [6.45, 7) is 5.93. The van der Waals surface area contributed by atoms with E-state index in [-0.39, 0.29) is 6.04 Å². The molecule has 2 rings (SSSR count). The van der Waals surface area contributed by atoms with Crippen LogP contribution in [0.1, 0.15) is 29.9 Å². The molecule has 1 unspecified atom stereocenters. The Labute approximate surface area is 94.7 Å². The van der Waals surface area contributed by atoms with Crippen molar-refractivity contribution in [2.24, 2.45) is 0 Å². The molecule has 4 nitrogen and oxygen atoms in total. The lowest BCUT2D eigenvalue weighted by molar-refractivity contribution is 0.422. The van der Waals surface area contributed by atoms with Gasteiger partial charge in [-0.1, -0.05) is 35.0 Å². The molecule has 16 heavy (non-hydrogen) atoms. The van der Waals surface area contributed by atoms with Crippen molar-refractivity contribution in [3.05, 3.63) is 41.2 Å². The average molecular weight is 217 g/mol. The highest BCUT2D eigenvalue weighted by molar-refractivity contribution is 5.30. The van der Waals surface area contributed by atoms with Crippen LogP contribution >= 0.6 is 0 Å². The predicted molar refractivity (Wildman–Crippen MR) is 62.3 cm³/mol. The molecule has 1 atom stereocenters. The van der Waals surface area contributed by atoms with Crippen LogP contribution < -0.4 is 5.32 Å². The van der Waals surface area contributed by atoms with E-state index in [4.69, 9.17) is 4.52 Å². The van der Waals surface area contributed by atoms with Gasteiger partial charge in [0.2, 0.25) is 0 Å². The zero-order valence-corrected chi connectivity index (χ0v) is 9.69. The molecule has 2 aromatic rings. The van der Waals surface area contributed by atoms with Crippen LogP contribution in [0.3, 0.4) is 0 Å². The van der Waals surface area contributed by atoms with Crippen molar-refractivity contribution in [1.29, 1.82) is 0 Å². The first-order valence-electron chi connectivity index (χ1n) is 5.28. The zero-order valence-electron chi connectivity index (χ0n) is 9.69. The van der Waals surface area contributed by atoms with Crippen LogP contribution in [0.2, 0.25) is 0 Å². The van der Waals surface area contributed by atoms with Crippen LogP contribution in [-0.2, 0) is 0 Å². The summed E-state index contributed by atoms with van der Waals surface area (Å²) in [5, 5.41) is 6.89. The fraction of sp³-hybridized carbons (Fsp3) is 0.333. The second-order valence-electron chi connectivity index (χ2n) is 3.92. The molecule has 0 bridgehead atoms. The third-order valence-electron chi connectivity index (χ3n) is 2.44. The van der Waals surface area contributed by atoms with E-state index in [2.05, 4.69) is 53.6 Å². The van der Waals surface area contributed by atoms with Crippen LogP contribution in [0, 0.1) is 13.8 Å². The van der Waals surface area contributed by atoms with Crippen molar-refractivity contribution in [2.45, 2.75) is 26.8 Å². The van der Waals surface area contributed by atoms with Gasteiger partial charge in [-0.2, -0.15) is 4.98 Å². The van der Waals surface area contributed by atoms with Gasteiger partial charge in [-0.05, 0) is 26.3 Å². The van der Waals surface area contributed by atoms with Crippen LogP contribution in [0.25, 0.3) is 0 Å². The second-order valence-corrected chi connectivity index (χ2v) is 3.92. The number of nitrogens with one attached hydrogen (secondary N) is 1. The Balaban J connectivity index is 2.08. The minimum absolute atomic E-state index is 0.153. The van der Waals surface area contributed by atoms with E-state index in [1.807, 2.05) is 0 Å². The molecule has 84 valence electrons. The van der Waals surface area contributed by atoms with Crippen LogP contribution in [0.15, 0.2) is 28.8 Å². The first-order chi connectivity index (χ1) is 7.65. The molecule has 0 saturated heterocycles. The Bertz CT molecular complexity index is 461. The number of hydrogen-bond donors (Lipinski definition) is 1. The lowest BCUT2D eigenvalue weighted by Crippen LogP contribution is -2.06. The van der Waals surface area contributed by atoms with Gasteiger partial charge in [-0.25, -0.2) is 0 Å². The third-order valence-corrected chi connectivity index (χ3v) is 2.44. The number of hydrogen-bond acceptors (Lipinski definition) is 4. The Morgan fingerprint density at radius 2 is 1.88 bits per heavy atom. The van der Waals surface area contributed by atoms with Crippen LogP contribution in [0.4, 0.5) is 6.01 Å². The molecule has 0 aliphatic heterocycles. The monoisotopic (exact) mass is 217 g/mol. The van der Waals surface area contributed by atoms with Crippen molar-refractivity contribution in [1.82, 2.24) is 10.1 Å². The molecule has 0 radical (unpaired) electrons. The number of rotatable bonds is 3. The van der Waals surface area contributed by atoms with Crippen molar-refractivity contribution < 1.29 is 4.52 Å². The van der Waals surface area contributed by atoms with Crippen LogP contribution in [0.5, 0.6) is 0 Å². The minimum atomic E-state index is 0.153. The summed E-state index contributed by atoms with van der Waals surface area (Å²) in [6.07, 6.45) is 0. The lowest BCUT2D eigenvalue weighted by atomic mass is 10.1. The van der Waals surface area contributed by atoms with Crippen molar-refractivity contribution >= 4 is 6.01 Å². The SMILES string of the molecule is Cc1ccc(C(C)Nc2nc(C)no2)cc1. The Hall–Kier alpha value is -1.84. The number of nitrogens with zero attached hydrogens (tertiary/aromatic N) is 2. The Morgan fingerprint density at radius 1 is 1.19 bits per heavy atom. The largest absolute Gasteiger partial charge is 0.331 e. The van der Waals surface area contributed by atoms with Gasteiger partial charge in [0.25, 0.3) is 0 Å². The summed E-state index contributed by atoms with van der Waals surface area (Å²) < 4.78 is 5.01. The van der Waals surface area contributed by atoms with Gasteiger partial charge >= 0.3 is 6.01 Å². The molecule has 1 heterocycles. The quantitative estimate of drug-likeness (QED) is 0.858. The van der Waals surface area contributed by atoms with Crippen molar-refractivity contribution in [2.75, 3.05) is 5.32 Å². The van der Waals surface area contributed by atoms with E-state index in [0.717, 1.165) is 0 Å². The fourth-order valence-corrected chi connectivity index (χ4v) is 1.48. The maximum absolute atomic E-state index is 5.01. The molecule has 0 aliphatic rings. The highest BCUT2D eigenvalue weighted by Gasteiger charge is 2.08. The van der Waals surface area contributed by atoms with Gasteiger partial charge in [0.1, 0.15) is 0 Å². The Kier molecular flexibility index (Phi) is 2.90. The average Bonchev–Trinajstić information content (AvgIpc) is 2.65. The summed E-state index contributed by atoms with van der Waals surface area (Å²) in [7, 11) is 0. The molecule has 4 heteroatoms. The first-order valence-corrected chi connectivity index (χ1v) is 5.28. The summed E-state index contributed by atoms with van der Waals surface area (Å²) >= 11 is 0. The van der Waals surface area contributed by atoms with E-state index in [1.54, 1.807) is 6.92 Å². The smallest absolute Gasteiger partial charge is 0.321 e. The summed E-state index contributed by atoms with van der Waals surface area (Å²) in [4.78, 5) is 4.10. The van der Waals surface area contributed by atoms with E-state index >= 15 is 0 Å². The highest BCUT2D eigenvalue weighted by Crippen LogP contribution is 2.18. The van der Waals surface area contributed by atoms with Gasteiger partial charge in [-0.15, -0.1) is 0 Å². The summed E-state index contributed by atoms with van der Waals surface area (Å²) in [5.74, 6) is 0.638. The predicted octanol–water partition coefficient (Wildman–Crippen LogP) is 2.86. The molecule has 0 amide bonds. The maximum Gasteiger partial charge on any atom is 0.321 e. The highest BCUT2D eigenvalue weighted by atomic mass is 16.5. The zero-order chi connectivity index (χ0) is 11.5. The lowest BCUT2D eigenvalue weighted by Gasteiger charge is -2.11. The molecule has 0 aliphatic carbocycles. The summed E-state index contributed by atoms with van der Waals surface area (Å²) in [5.41, 5.74) is 2.45. The van der Waals surface area contributed by atoms with E-state index < -0.39 is 0 Å². The maximum atomic E-state index is 5.01. The molecular weight excluding hydrogens is 202 g/mol. The van der Waals surface area contributed by atoms with E-state index in [0.29, 0.717) is 11.8 Å². The number of aryl methyl sites for hydroxylation is 2. The Morgan fingerprint density at radius 3 is 2.44 bits per heavy atom. The van der Waals surface area contributed by atoms with Gasteiger partial charge in [-0.3, -0.25) is 0 Å². The van der Waals surface area contributed by atoms with Gasteiger partial charge in [0.15, 0.2) is 5.82 Å². The number of benzene rings is 1. The third kappa shape index (κ3) is 2.39. The van der Waals surface area contributed by atoms with E-state index in [9.17, 15) is 0 Å². The molecule has 1 N–H and O–H groups in total. The van der Waals surface area contributed by atoms with Crippen molar-refractivity contribution in [3.63, 3.8) is 0 Å². The van der Waals surface area contributed by atoms with Crippen molar-refractivity contribution in [3.8, 4) is 0 Å². The van der Waals surface area contributed by atoms with Gasteiger partial charge < -0.3 is 9.84 Å². The van der Waals surface area contributed by atoms with Crippen LogP contribution in [-0.4, -0.2) is 10.1 Å². The molecular formula is C12H15N3O. The summed E-state index contributed by atoms with van der Waals surface area (Å²) in [6, 6.07) is 8.98. The standard InChI is InChI=1S/C12H15N3O/c1-8-4-6-11(7-5-8)9(2)13-12-14-10(3)15-16-12/h4-7,9H,1-3H3,(H,13,14,15). The molecule has 0 fully saturated rings. The molecule has 0 saturated carbocycles. The minimum Gasteiger partial charge on any atom is -0.331 e. The molecule has 0 spiro atoms. The number of anilines is 1. The number of aromatic nitrogens is 2. The van der Waals surface area contributed by atoms with Gasteiger partial charge in [0.05, 0.1) is 6.04 Å². The second kappa shape index (κ2) is 4.35. The molecule has 1 aromatic carbocycles. The van der Waals surface area contributed by atoms with E-state index in [1.165, 1.54) is 11.1 Å². The molecule has 1 aromatic heterocycles. The van der Waals surface area contributed by atoms with Gasteiger partial charge in [0, 0.05) is 0 Å². The normalized spacial score (nSPS) is 12.4.